The number of carbonyl (C=O) groups excluding carboxylic acids is 1. The van der Waals surface area contributed by atoms with Crippen molar-refractivity contribution < 1.29 is 14.6 Å². The van der Waals surface area contributed by atoms with E-state index in [-0.39, 0.29) is 11.5 Å². The van der Waals surface area contributed by atoms with Crippen molar-refractivity contribution in [2.75, 3.05) is 13.2 Å². The number of aliphatic hydroxyl groups is 1. The van der Waals surface area contributed by atoms with Gasteiger partial charge in [-0.25, -0.2) is 4.79 Å². The van der Waals surface area contributed by atoms with Crippen molar-refractivity contribution in [3.8, 4) is 0 Å². The van der Waals surface area contributed by atoms with Crippen molar-refractivity contribution in [2.45, 2.75) is 25.9 Å². The third-order valence-electron chi connectivity index (χ3n) is 4.81. The largest absolute Gasteiger partial charge is 0.445 e. The van der Waals surface area contributed by atoms with Crippen LogP contribution in [0.1, 0.15) is 24.8 Å². The number of benzene rings is 1. The molecule has 3 aliphatic carbocycles. The van der Waals surface area contributed by atoms with Crippen LogP contribution in [0, 0.1) is 17.3 Å². The number of amides is 1. The molecule has 3 saturated carbocycles. The van der Waals surface area contributed by atoms with Crippen LogP contribution < -0.4 is 5.32 Å². The number of alkyl carbamates (subject to hydrolysis) is 1. The molecule has 4 rings (SSSR count). The van der Waals surface area contributed by atoms with E-state index in [2.05, 4.69) is 5.32 Å². The molecule has 4 heteroatoms. The smallest absolute Gasteiger partial charge is 0.407 e. The number of hydrogen-bond donors (Lipinski definition) is 2. The van der Waals surface area contributed by atoms with Gasteiger partial charge in [0.1, 0.15) is 6.61 Å². The number of carbonyl (C=O) groups is 1. The quantitative estimate of drug-likeness (QED) is 0.867. The fourth-order valence-electron chi connectivity index (χ4n) is 3.70. The maximum Gasteiger partial charge on any atom is 0.407 e. The van der Waals surface area contributed by atoms with Gasteiger partial charge in [-0.1, -0.05) is 30.3 Å². The molecule has 1 aromatic carbocycles. The lowest BCUT2D eigenvalue weighted by atomic mass is 9.70. The molecular formula is C16H21NO3. The van der Waals surface area contributed by atoms with Gasteiger partial charge in [0, 0.05) is 13.2 Å². The van der Waals surface area contributed by atoms with Crippen LogP contribution in [0.3, 0.4) is 0 Å². The van der Waals surface area contributed by atoms with E-state index >= 15 is 0 Å². The molecule has 4 nitrogen and oxygen atoms in total. The Balaban J connectivity index is 1.38. The second-order valence-corrected chi connectivity index (χ2v) is 6.23. The minimum atomic E-state index is -0.351. The molecule has 2 bridgehead atoms. The van der Waals surface area contributed by atoms with Crippen molar-refractivity contribution in [2.24, 2.45) is 17.3 Å². The number of rotatable bonds is 5. The van der Waals surface area contributed by atoms with Crippen LogP contribution in [-0.2, 0) is 11.3 Å². The van der Waals surface area contributed by atoms with Gasteiger partial charge in [0.15, 0.2) is 0 Å². The second-order valence-electron chi connectivity index (χ2n) is 6.23. The summed E-state index contributed by atoms with van der Waals surface area (Å²) >= 11 is 0. The summed E-state index contributed by atoms with van der Waals surface area (Å²) < 4.78 is 5.19. The zero-order valence-corrected chi connectivity index (χ0v) is 11.5. The fourth-order valence-corrected chi connectivity index (χ4v) is 3.70. The molecule has 1 unspecified atom stereocenters. The van der Waals surface area contributed by atoms with Crippen molar-refractivity contribution in [1.29, 1.82) is 0 Å². The van der Waals surface area contributed by atoms with E-state index in [0.717, 1.165) is 24.8 Å². The number of hydrogen-bond acceptors (Lipinski definition) is 3. The number of nitrogens with one attached hydrogen (secondary N) is 1. The first-order chi connectivity index (χ1) is 9.71. The first kappa shape index (κ1) is 13.4. The van der Waals surface area contributed by atoms with E-state index in [4.69, 9.17) is 4.74 Å². The average Bonchev–Trinajstić information content (AvgIpc) is 2.98. The van der Waals surface area contributed by atoms with Crippen LogP contribution in [0.25, 0.3) is 0 Å². The Morgan fingerprint density at radius 3 is 2.70 bits per heavy atom. The van der Waals surface area contributed by atoms with Crippen molar-refractivity contribution in [3.63, 3.8) is 0 Å². The summed E-state index contributed by atoms with van der Waals surface area (Å²) in [5.74, 6) is 1.18. The molecule has 0 aliphatic heterocycles. The van der Waals surface area contributed by atoms with Gasteiger partial charge < -0.3 is 15.2 Å². The van der Waals surface area contributed by atoms with E-state index < -0.39 is 0 Å². The van der Waals surface area contributed by atoms with E-state index in [1.54, 1.807) is 0 Å². The summed E-state index contributed by atoms with van der Waals surface area (Å²) in [6, 6.07) is 9.66. The van der Waals surface area contributed by atoms with Gasteiger partial charge in [-0.3, -0.25) is 0 Å². The summed E-state index contributed by atoms with van der Waals surface area (Å²) in [7, 11) is 0. The molecule has 3 fully saturated rings. The third-order valence-corrected chi connectivity index (χ3v) is 4.81. The highest BCUT2D eigenvalue weighted by atomic mass is 16.5. The van der Waals surface area contributed by atoms with E-state index in [0.29, 0.717) is 31.6 Å². The van der Waals surface area contributed by atoms with Gasteiger partial charge in [0.25, 0.3) is 0 Å². The van der Waals surface area contributed by atoms with Crippen LogP contribution in [0.2, 0.25) is 0 Å². The predicted octanol–water partition coefficient (Wildman–Crippen LogP) is 2.32. The molecule has 0 spiro atoms. The number of aliphatic hydroxyl groups excluding tert-OH is 1. The molecular weight excluding hydrogens is 254 g/mol. The number of ether oxygens (including phenoxy) is 1. The second kappa shape index (κ2) is 5.44. The lowest BCUT2D eigenvalue weighted by Crippen LogP contribution is -2.33. The minimum Gasteiger partial charge on any atom is -0.445 e. The summed E-state index contributed by atoms with van der Waals surface area (Å²) in [6.07, 6.45) is 2.92. The van der Waals surface area contributed by atoms with Gasteiger partial charge in [-0.05, 0) is 42.1 Å². The third kappa shape index (κ3) is 2.66. The van der Waals surface area contributed by atoms with Crippen LogP contribution >= 0.6 is 0 Å². The summed E-state index contributed by atoms with van der Waals surface area (Å²) in [4.78, 5) is 11.7. The molecule has 0 heterocycles. The molecule has 20 heavy (non-hydrogen) atoms. The Labute approximate surface area is 119 Å². The molecule has 108 valence electrons. The van der Waals surface area contributed by atoms with Crippen LogP contribution in [-0.4, -0.2) is 24.4 Å². The normalized spacial score (nSPS) is 30.6. The van der Waals surface area contributed by atoms with Crippen LogP contribution in [0.4, 0.5) is 4.79 Å². The Morgan fingerprint density at radius 2 is 2.05 bits per heavy atom. The Hall–Kier alpha value is -1.55. The van der Waals surface area contributed by atoms with Crippen molar-refractivity contribution in [1.82, 2.24) is 5.32 Å². The van der Waals surface area contributed by atoms with E-state index in [1.165, 1.54) is 0 Å². The highest BCUT2D eigenvalue weighted by molar-refractivity contribution is 5.67. The SMILES string of the molecule is O=C(NCC1CC2(CO)CC1C2)OCc1ccccc1. The van der Waals surface area contributed by atoms with E-state index in [1.807, 2.05) is 30.3 Å². The first-order valence-corrected chi connectivity index (χ1v) is 7.26. The van der Waals surface area contributed by atoms with Gasteiger partial charge in [0.2, 0.25) is 0 Å². The minimum absolute atomic E-state index is 0.172. The molecule has 2 N–H and O–H groups in total. The summed E-state index contributed by atoms with van der Waals surface area (Å²) in [5, 5.41) is 12.2. The summed E-state index contributed by atoms with van der Waals surface area (Å²) in [6.45, 7) is 1.26. The van der Waals surface area contributed by atoms with Gasteiger partial charge >= 0.3 is 6.09 Å². The monoisotopic (exact) mass is 275 g/mol. The first-order valence-electron chi connectivity index (χ1n) is 7.26. The molecule has 1 aromatic rings. The molecule has 3 aliphatic rings. The highest BCUT2D eigenvalue weighted by Crippen LogP contribution is 2.61. The zero-order chi connectivity index (χ0) is 14.0. The molecule has 0 radical (unpaired) electrons. The maximum atomic E-state index is 11.7. The molecule has 0 aromatic heterocycles. The molecule has 1 atom stereocenters. The van der Waals surface area contributed by atoms with Crippen molar-refractivity contribution >= 4 is 6.09 Å². The Kier molecular flexibility index (Phi) is 3.66. The zero-order valence-electron chi connectivity index (χ0n) is 11.5. The topological polar surface area (TPSA) is 58.6 Å². The fraction of sp³-hybridized carbons (Fsp3) is 0.562. The highest BCUT2D eigenvalue weighted by Gasteiger charge is 2.55. The Bertz CT molecular complexity index is 468. The van der Waals surface area contributed by atoms with Crippen LogP contribution in [0.5, 0.6) is 0 Å². The lowest BCUT2D eigenvalue weighted by molar-refractivity contribution is 0.0543. The van der Waals surface area contributed by atoms with E-state index in [9.17, 15) is 9.90 Å². The lowest BCUT2D eigenvalue weighted by Gasteiger charge is -2.36. The maximum absolute atomic E-state index is 11.7. The van der Waals surface area contributed by atoms with Crippen molar-refractivity contribution in [3.05, 3.63) is 35.9 Å². The Morgan fingerprint density at radius 1 is 1.30 bits per heavy atom. The molecule has 0 saturated heterocycles. The van der Waals surface area contributed by atoms with Gasteiger partial charge in [0.05, 0.1) is 0 Å². The summed E-state index contributed by atoms with van der Waals surface area (Å²) in [5.41, 5.74) is 1.16. The van der Waals surface area contributed by atoms with Gasteiger partial charge in [-0.2, -0.15) is 0 Å². The number of fused-ring (bicyclic) bond motifs is 1. The standard InChI is InChI=1S/C16H21NO3/c18-11-16-6-13(7-16)14(8-16)9-17-15(19)20-10-12-4-2-1-3-5-12/h1-5,13-14,18H,6-11H2,(H,17,19). The van der Waals surface area contributed by atoms with Gasteiger partial charge in [-0.15, -0.1) is 0 Å². The van der Waals surface area contributed by atoms with Crippen LogP contribution in [0.15, 0.2) is 30.3 Å². The average molecular weight is 275 g/mol. The predicted molar refractivity (Wildman–Crippen MR) is 75.0 cm³/mol. The molecule has 1 amide bonds.